The molecule has 0 saturated carbocycles. The van der Waals surface area contributed by atoms with Crippen molar-refractivity contribution in [3.05, 3.63) is 35.9 Å². The zero-order valence-corrected chi connectivity index (χ0v) is 12.9. The maximum Gasteiger partial charge on any atom is 0.151 e. The normalized spacial score (nSPS) is 15.1. The molecule has 3 nitrogen and oxygen atoms in total. The second-order valence-electron chi connectivity index (χ2n) is 5.08. The molecule has 0 spiro atoms. The Bertz CT molecular complexity index is 456. The van der Waals surface area contributed by atoms with E-state index in [1.54, 1.807) is 6.92 Å². The average Bonchev–Trinajstić information content (AvgIpc) is 2.37. The van der Waals surface area contributed by atoms with Gasteiger partial charge in [-0.15, -0.1) is 0 Å². The predicted molar refractivity (Wildman–Crippen MR) is 81.2 cm³/mol. The Kier molecular flexibility index (Phi) is 6.52. The predicted octanol–water partition coefficient (Wildman–Crippen LogP) is 2.42. The molecule has 108 valence electrons. The molecule has 2 unspecified atom stereocenters. The highest BCUT2D eigenvalue weighted by Crippen LogP contribution is 2.13. The molecule has 1 aromatic carbocycles. The molecule has 0 bridgehead atoms. The maximum atomic E-state index is 11.6. The number of nitrogens with one attached hydrogen (secondary N) is 1. The standard InChI is InChI=1S/C15H25NO2S/c1-4-16-15(13(2)19(3,17)18)12-8-11-14-9-6-5-7-10-14/h5-7,9-10,13,15-16H,4,8,11-12H2,1-3H3. The first-order valence-electron chi connectivity index (χ1n) is 6.91. The summed E-state index contributed by atoms with van der Waals surface area (Å²) in [5, 5.41) is 2.97. The molecule has 1 N–H and O–H groups in total. The van der Waals surface area contributed by atoms with Crippen LogP contribution in [-0.4, -0.2) is 32.5 Å². The minimum Gasteiger partial charge on any atom is -0.313 e. The van der Waals surface area contributed by atoms with Gasteiger partial charge in [-0.2, -0.15) is 0 Å². The molecule has 0 aliphatic rings. The number of hydrogen-bond donors (Lipinski definition) is 1. The minimum atomic E-state index is -2.98. The van der Waals surface area contributed by atoms with Crippen LogP contribution < -0.4 is 5.32 Å². The van der Waals surface area contributed by atoms with E-state index in [0.717, 1.165) is 25.8 Å². The minimum absolute atomic E-state index is 0.0451. The Morgan fingerprint density at radius 1 is 1.21 bits per heavy atom. The molecular formula is C15H25NO2S. The molecule has 2 atom stereocenters. The first-order chi connectivity index (χ1) is 8.95. The smallest absolute Gasteiger partial charge is 0.151 e. The summed E-state index contributed by atoms with van der Waals surface area (Å²) in [6.45, 7) is 4.61. The molecule has 1 aromatic rings. The fourth-order valence-corrected chi connectivity index (χ4v) is 3.06. The average molecular weight is 283 g/mol. The van der Waals surface area contributed by atoms with Gasteiger partial charge in [0.15, 0.2) is 9.84 Å². The van der Waals surface area contributed by atoms with E-state index in [1.807, 2.05) is 25.1 Å². The monoisotopic (exact) mass is 283 g/mol. The number of sulfone groups is 1. The van der Waals surface area contributed by atoms with Gasteiger partial charge in [-0.1, -0.05) is 37.3 Å². The molecular weight excluding hydrogens is 258 g/mol. The van der Waals surface area contributed by atoms with Crippen molar-refractivity contribution in [3.63, 3.8) is 0 Å². The van der Waals surface area contributed by atoms with Crippen molar-refractivity contribution in [2.75, 3.05) is 12.8 Å². The largest absolute Gasteiger partial charge is 0.313 e. The second kappa shape index (κ2) is 7.65. The number of aryl methyl sites for hydroxylation is 1. The molecule has 19 heavy (non-hydrogen) atoms. The Balaban J connectivity index is 2.51. The number of benzene rings is 1. The van der Waals surface area contributed by atoms with Gasteiger partial charge in [0.1, 0.15) is 0 Å². The van der Waals surface area contributed by atoms with Gasteiger partial charge in [0.05, 0.1) is 5.25 Å². The van der Waals surface area contributed by atoms with Crippen LogP contribution in [0, 0.1) is 0 Å². The molecule has 0 aliphatic carbocycles. The third-order valence-electron chi connectivity index (χ3n) is 3.53. The van der Waals surface area contributed by atoms with Gasteiger partial charge in [-0.05, 0) is 38.3 Å². The van der Waals surface area contributed by atoms with Crippen molar-refractivity contribution < 1.29 is 8.42 Å². The molecule has 0 fully saturated rings. The van der Waals surface area contributed by atoms with E-state index >= 15 is 0 Å². The van der Waals surface area contributed by atoms with Crippen LogP contribution in [0.15, 0.2) is 30.3 Å². The second-order valence-corrected chi connectivity index (χ2v) is 7.48. The van der Waals surface area contributed by atoms with Gasteiger partial charge < -0.3 is 5.32 Å². The van der Waals surface area contributed by atoms with Crippen molar-refractivity contribution in [2.24, 2.45) is 0 Å². The van der Waals surface area contributed by atoms with Crippen LogP contribution in [0.5, 0.6) is 0 Å². The van der Waals surface area contributed by atoms with Crippen LogP contribution in [0.3, 0.4) is 0 Å². The van der Waals surface area contributed by atoms with Crippen LogP contribution in [0.2, 0.25) is 0 Å². The lowest BCUT2D eigenvalue weighted by molar-refractivity contribution is 0.458. The Morgan fingerprint density at radius 3 is 2.37 bits per heavy atom. The topological polar surface area (TPSA) is 46.2 Å². The van der Waals surface area contributed by atoms with E-state index in [9.17, 15) is 8.42 Å². The number of hydrogen-bond acceptors (Lipinski definition) is 3. The molecule has 0 heterocycles. The molecule has 0 amide bonds. The molecule has 1 rings (SSSR count). The van der Waals surface area contributed by atoms with Crippen LogP contribution in [-0.2, 0) is 16.3 Å². The van der Waals surface area contributed by atoms with E-state index < -0.39 is 9.84 Å². The summed E-state index contributed by atoms with van der Waals surface area (Å²) in [5.41, 5.74) is 1.31. The van der Waals surface area contributed by atoms with Crippen LogP contribution in [0.1, 0.15) is 32.3 Å². The van der Waals surface area contributed by atoms with Crippen molar-refractivity contribution in [3.8, 4) is 0 Å². The zero-order chi connectivity index (χ0) is 14.3. The summed E-state index contributed by atoms with van der Waals surface area (Å²) in [7, 11) is -2.98. The first-order valence-corrected chi connectivity index (χ1v) is 8.86. The number of rotatable bonds is 8. The third kappa shape index (κ3) is 5.74. The van der Waals surface area contributed by atoms with E-state index in [4.69, 9.17) is 0 Å². The maximum absolute atomic E-state index is 11.6. The van der Waals surface area contributed by atoms with Crippen LogP contribution in [0.25, 0.3) is 0 Å². The highest BCUT2D eigenvalue weighted by molar-refractivity contribution is 7.91. The van der Waals surface area contributed by atoms with E-state index in [0.29, 0.717) is 0 Å². The quantitative estimate of drug-likeness (QED) is 0.797. The fourth-order valence-electron chi connectivity index (χ4n) is 2.23. The lowest BCUT2D eigenvalue weighted by Crippen LogP contribution is -2.42. The summed E-state index contributed by atoms with van der Waals surface area (Å²) < 4.78 is 23.3. The highest BCUT2D eigenvalue weighted by atomic mass is 32.2. The lowest BCUT2D eigenvalue weighted by atomic mass is 10.0. The van der Waals surface area contributed by atoms with Crippen LogP contribution in [0.4, 0.5) is 0 Å². The summed E-state index contributed by atoms with van der Waals surface area (Å²) in [5.74, 6) is 0. The first kappa shape index (κ1) is 16.2. The van der Waals surface area contributed by atoms with Crippen LogP contribution >= 0.6 is 0 Å². The van der Waals surface area contributed by atoms with Gasteiger partial charge in [-0.3, -0.25) is 0 Å². The molecule has 0 radical (unpaired) electrons. The molecule has 0 aromatic heterocycles. The summed E-state index contributed by atoms with van der Waals surface area (Å²) >= 11 is 0. The highest BCUT2D eigenvalue weighted by Gasteiger charge is 2.24. The van der Waals surface area contributed by atoms with Gasteiger partial charge in [0.25, 0.3) is 0 Å². The van der Waals surface area contributed by atoms with Crippen molar-refractivity contribution in [2.45, 2.75) is 44.4 Å². The van der Waals surface area contributed by atoms with Gasteiger partial charge in [0, 0.05) is 12.3 Å². The van der Waals surface area contributed by atoms with Crippen molar-refractivity contribution in [1.29, 1.82) is 0 Å². The summed E-state index contributed by atoms with van der Waals surface area (Å²) in [6.07, 6.45) is 4.21. The summed E-state index contributed by atoms with van der Waals surface area (Å²) in [4.78, 5) is 0. The van der Waals surface area contributed by atoms with Crippen molar-refractivity contribution in [1.82, 2.24) is 5.32 Å². The van der Waals surface area contributed by atoms with E-state index in [2.05, 4.69) is 17.4 Å². The summed E-state index contributed by atoms with van der Waals surface area (Å²) in [6, 6.07) is 10.4. The molecule has 0 saturated heterocycles. The lowest BCUT2D eigenvalue weighted by Gasteiger charge is -2.23. The Morgan fingerprint density at radius 2 is 1.84 bits per heavy atom. The van der Waals surface area contributed by atoms with E-state index in [1.165, 1.54) is 11.8 Å². The molecule has 4 heteroatoms. The third-order valence-corrected chi connectivity index (χ3v) is 5.21. The zero-order valence-electron chi connectivity index (χ0n) is 12.1. The Hall–Kier alpha value is -0.870. The van der Waals surface area contributed by atoms with Gasteiger partial charge in [0.2, 0.25) is 0 Å². The SMILES string of the molecule is CCNC(CCCc1ccccc1)C(C)S(C)(=O)=O. The van der Waals surface area contributed by atoms with Gasteiger partial charge in [-0.25, -0.2) is 8.42 Å². The Labute approximate surface area is 117 Å². The van der Waals surface area contributed by atoms with Crippen molar-refractivity contribution >= 4 is 9.84 Å². The molecule has 0 aliphatic heterocycles. The van der Waals surface area contributed by atoms with Gasteiger partial charge >= 0.3 is 0 Å². The fraction of sp³-hybridized carbons (Fsp3) is 0.600. The van der Waals surface area contributed by atoms with E-state index in [-0.39, 0.29) is 11.3 Å².